The summed E-state index contributed by atoms with van der Waals surface area (Å²) in [5, 5.41) is 0. The third-order valence-electron chi connectivity index (χ3n) is 2.87. The first-order chi connectivity index (χ1) is 6.33. The molecule has 0 saturated heterocycles. The van der Waals surface area contributed by atoms with Crippen LogP contribution in [0, 0.1) is 0 Å². The Morgan fingerprint density at radius 2 is 2.54 bits per heavy atom. The largest absolute Gasteiger partial charge is 0.271 e. The van der Waals surface area contributed by atoms with E-state index in [1.807, 2.05) is 12.3 Å². The van der Waals surface area contributed by atoms with E-state index in [4.69, 9.17) is 5.84 Å². The van der Waals surface area contributed by atoms with Crippen molar-refractivity contribution in [2.75, 3.05) is 0 Å². The predicted molar refractivity (Wildman–Crippen MR) is 52.1 cm³/mol. The van der Waals surface area contributed by atoms with E-state index in [9.17, 15) is 0 Å². The lowest BCUT2D eigenvalue weighted by atomic mass is 9.99. The summed E-state index contributed by atoms with van der Waals surface area (Å²) in [6, 6.07) is 4.48. The lowest BCUT2D eigenvalue weighted by Crippen LogP contribution is -2.36. The molecule has 1 aromatic rings. The molecule has 1 heterocycles. The summed E-state index contributed by atoms with van der Waals surface area (Å²) in [7, 11) is 0. The summed E-state index contributed by atoms with van der Waals surface area (Å²) in [5.41, 5.74) is 5.42. The number of nitrogens with two attached hydrogens (primary N) is 1. The highest BCUT2D eigenvalue weighted by Gasteiger charge is 2.27. The number of nitrogens with zero attached hydrogens (tertiary/aromatic N) is 1. The molecule has 1 aromatic heterocycles. The van der Waals surface area contributed by atoms with Crippen LogP contribution in [0.4, 0.5) is 0 Å². The zero-order valence-electron chi connectivity index (χ0n) is 7.83. The van der Waals surface area contributed by atoms with Crippen LogP contribution < -0.4 is 11.3 Å². The highest BCUT2D eigenvalue weighted by atomic mass is 15.2. The van der Waals surface area contributed by atoms with Gasteiger partial charge in [-0.1, -0.05) is 6.07 Å². The topological polar surface area (TPSA) is 50.9 Å². The summed E-state index contributed by atoms with van der Waals surface area (Å²) in [4.78, 5) is 4.41. The number of fused-ring (bicyclic) bond motifs is 1. The van der Waals surface area contributed by atoms with E-state index >= 15 is 0 Å². The molecule has 1 aliphatic rings. The number of nitrogens with one attached hydrogen (secondary N) is 1. The first kappa shape index (κ1) is 8.66. The Morgan fingerprint density at radius 3 is 3.31 bits per heavy atom. The summed E-state index contributed by atoms with van der Waals surface area (Å²) in [6.07, 6.45) is 4.16. The molecule has 0 spiro atoms. The van der Waals surface area contributed by atoms with Crippen molar-refractivity contribution in [3.05, 3.63) is 29.6 Å². The SMILES string of the molecule is CC(NN)C1CCc2cccnc21. The molecule has 0 radical (unpaired) electrons. The molecule has 0 saturated carbocycles. The Bertz CT molecular complexity index is 298. The van der Waals surface area contributed by atoms with Gasteiger partial charge in [-0.3, -0.25) is 16.3 Å². The molecule has 13 heavy (non-hydrogen) atoms. The summed E-state index contributed by atoms with van der Waals surface area (Å²) < 4.78 is 0. The molecule has 0 fully saturated rings. The Hall–Kier alpha value is -0.930. The molecule has 0 bridgehead atoms. The van der Waals surface area contributed by atoms with Crippen LogP contribution >= 0.6 is 0 Å². The van der Waals surface area contributed by atoms with Crippen molar-refractivity contribution in [1.82, 2.24) is 10.4 Å². The van der Waals surface area contributed by atoms with Crippen molar-refractivity contribution in [2.45, 2.75) is 31.7 Å². The van der Waals surface area contributed by atoms with Gasteiger partial charge in [-0.15, -0.1) is 0 Å². The molecule has 0 aromatic carbocycles. The van der Waals surface area contributed by atoms with Crippen molar-refractivity contribution in [2.24, 2.45) is 5.84 Å². The minimum absolute atomic E-state index is 0.316. The van der Waals surface area contributed by atoms with Gasteiger partial charge in [0.15, 0.2) is 0 Å². The highest BCUT2D eigenvalue weighted by Crippen LogP contribution is 2.33. The van der Waals surface area contributed by atoms with Gasteiger partial charge in [-0.05, 0) is 31.4 Å². The summed E-state index contributed by atoms with van der Waals surface area (Å²) in [6.45, 7) is 2.11. The van der Waals surface area contributed by atoms with Crippen LogP contribution in [-0.4, -0.2) is 11.0 Å². The highest BCUT2D eigenvalue weighted by molar-refractivity contribution is 5.29. The first-order valence-electron chi connectivity index (χ1n) is 4.73. The zero-order chi connectivity index (χ0) is 9.26. The third-order valence-corrected chi connectivity index (χ3v) is 2.87. The van der Waals surface area contributed by atoms with E-state index in [1.165, 1.54) is 11.3 Å². The van der Waals surface area contributed by atoms with Crippen LogP contribution in [0.3, 0.4) is 0 Å². The molecule has 70 valence electrons. The van der Waals surface area contributed by atoms with E-state index in [2.05, 4.69) is 23.4 Å². The average Bonchev–Trinajstić information content (AvgIpc) is 2.60. The molecule has 3 N–H and O–H groups in total. The molecule has 0 aliphatic heterocycles. The quantitative estimate of drug-likeness (QED) is 0.522. The van der Waals surface area contributed by atoms with Crippen molar-refractivity contribution < 1.29 is 0 Å². The molecule has 2 atom stereocenters. The zero-order valence-corrected chi connectivity index (χ0v) is 7.83. The number of hydrogen-bond acceptors (Lipinski definition) is 3. The monoisotopic (exact) mass is 177 g/mol. The van der Waals surface area contributed by atoms with Crippen LogP contribution in [-0.2, 0) is 6.42 Å². The third kappa shape index (κ3) is 1.45. The normalized spacial score (nSPS) is 22.8. The minimum atomic E-state index is 0.316. The van der Waals surface area contributed by atoms with Gasteiger partial charge in [-0.25, -0.2) is 0 Å². The molecular weight excluding hydrogens is 162 g/mol. The second kappa shape index (κ2) is 3.44. The lowest BCUT2D eigenvalue weighted by molar-refractivity contribution is 0.462. The summed E-state index contributed by atoms with van der Waals surface area (Å²) in [5.74, 6) is 5.92. The van der Waals surface area contributed by atoms with Crippen LogP contribution in [0.15, 0.2) is 18.3 Å². The van der Waals surface area contributed by atoms with Crippen molar-refractivity contribution >= 4 is 0 Å². The van der Waals surface area contributed by atoms with Gasteiger partial charge >= 0.3 is 0 Å². The molecule has 2 rings (SSSR count). The Balaban J connectivity index is 2.28. The molecule has 0 amide bonds. The van der Waals surface area contributed by atoms with Crippen molar-refractivity contribution in [1.29, 1.82) is 0 Å². The average molecular weight is 177 g/mol. The van der Waals surface area contributed by atoms with Gasteiger partial charge in [0.25, 0.3) is 0 Å². The van der Waals surface area contributed by atoms with E-state index < -0.39 is 0 Å². The van der Waals surface area contributed by atoms with E-state index in [1.54, 1.807) is 0 Å². The molecule has 1 aliphatic carbocycles. The van der Waals surface area contributed by atoms with Gasteiger partial charge in [-0.2, -0.15) is 0 Å². The first-order valence-corrected chi connectivity index (χ1v) is 4.73. The number of hydrazine groups is 1. The number of pyridine rings is 1. The number of hydrogen-bond donors (Lipinski definition) is 2. The Labute approximate surface area is 78.3 Å². The second-order valence-corrected chi connectivity index (χ2v) is 3.65. The second-order valence-electron chi connectivity index (χ2n) is 3.65. The molecule has 3 nitrogen and oxygen atoms in total. The Morgan fingerprint density at radius 1 is 1.69 bits per heavy atom. The van der Waals surface area contributed by atoms with E-state index in [-0.39, 0.29) is 0 Å². The molecule has 3 heteroatoms. The fourth-order valence-electron chi connectivity index (χ4n) is 2.05. The number of rotatable bonds is 2. The standard InChI is InChI=1S/C10H15N3/c1-7(13-11)9-5-4-8-3-2-6-12-10(8)9/h2-3,6-7,9,13H,4-5,11H2,1H3. The van der Waals surface area contributed by atoms with Crippen LogP contribution in [0.5, 0.6) is 0 Å². The number of aryl methyl sites for hydroxylation is 1. The maximum atomic E-state index is 5.43. The maximum absolute atomic E-state index is 5.43. The molecule has 2 unspecified atom stereocenters. The Kier molecular flexibility index (Phi) is 2.29. The van der Waals surface area contributed by atoms with Gasteiger partial charge < -0.3 is 0 Å². The fraction of sp³-hybridized carbons (Fsp3) is 0.500. The van der Waals surface area contributed by atoms with Crippen LogP contribution in [0.25, 0.3) is 0 Å². The lowest BCUT2D eigenvalue weighted by Gasteiger charge is -2.17. The van der Waals surface area contributed by atoms with Gasteiger partial charge in [0.1, 0.15) is 0 Å². The van der Waals surface area contributed by atoms with Crippen LogP contribution in [0.1, 0.15) is 30.5 Å². The van der Waals surface area contributed by atoms with Crippen molar-refractivity contribution in [3.8, 4) is 0 Å². The maximum Gasteiger partial charge on any atom is 0.0482 e. The van der Waals surface area contributed by atoms with Crippen LogP contribution in [0.2, 0.25) is 0 Å². The minimum Gasteiger partial charge on any atom is -0.271 e. The smallest absolute Gasteiger partial charge is 0.0482 e. The fourth-order valence-corrected chi connectivity index (χ4v) is 2.05. The van der Waals surface area contributed by atoms with Gasteiger partial charge in [0, 0.05) is 23.9 Å². The summed E-state index contributed by atoms with van der Waals surface area (Å²) >= 11 is 0. The van der Waals surface area contributed by atoms with E-state index in [0.717, 1.165) is 12.8 Å². The molecular formula is C10H15N3. The predicted octanol–water partition coefficient (Wildman–Crippen LogP) is 0.963. The van der Waals surface area contributed by atoms with E-state index in [0.29, 0.717) is 12.0 Å². The van der Waals surface area contributed by atoms with Crippen molar-refractivity contribution in [3.63, 3.8) is 0 Å². The number of aromatic nitrogens is 1. The van der Waals surface area contributed by atoms with Gasteiger partial charge in [0.2, 0.25) is 0 Å². The van der Waals surface area contributed by atoms with Gasteiger partial charge in [0.05, 0.1) is 0 Å².